The lowest BCUT2D eigenvalue weighted by molar-refractivity contribution is 0.258. The van der Waals surface area contributed by atoms with Gasteiger partial charge in [-0.2, -0.15) is 0 Å². The highest BCUT2D eigenvalue weighted by Crippen LogP contribution is 2.42. The van der Waals surface area contributed by atoms with Crippen LogP contribution in [-0.2, 0) is 14.2 Å². The molecule has 3 aliphatic heterocycles. The number of hydrogen-bond donors (Lipinski definition) is 0. The van der Waals surface area contributed by atoms with Gasteiger partial charge in [0.2, 0.25) is 0 Å². The molecule has 5 atom stereocenters. The fourth-order valence-electron chi connectivity index (χ4n) is 5.36. The number of aryl methyl sites for hydroxylation is 2. The number of para-hydroxylation sites is 1. The SMILES string of the molecule is Cc1ccc(C(C)c2ccc(C(C)c3cccc(C)c3OCC3CO3)c(C)c2OCC2CO2)cc1OCC1CO1. The molecule has 6 heteroatoms. The molecule has 0 aliphatic carbocycles. The quantitative estimate of drug-likeness (QED) is 0.237. The van der Waals surface area contributed by atoms with Gasteiger partial charge in [-0.1, -0.05) is 56.3 Å². The summed E-state index contributed by atoms with van der Waals surface area (Å²) in [6, 6.07) is 17.4. The molecule has 3 aromatic rings. The van der Waals surface area contributed by atoms with Crippen LogP contribution in [0.15, 0.2) is 48.5 Å². The maximum Gasteiger partial charge on any atom is 0.126 e. The van der Waals surface area contributed by atoms with Crippen LogP contribution in [0.25, 0.3) is 0 Å². The smallest absolute Gasteiger partial charge is 0.126 e. The molecular weight excluding hydrogens is 504 g/mol. The summed E-state index contributed by atoms with van der Waals surface area (Å²) >= 11 is 0. The van der Waals surface area contributed by atoms with Gasteiger partial charge < -0.3 is 28.4 Å². The van der Waals surface area contributed by atoms with Crippen molar-refractivity contribution >= 4 is 0 Å². The summed E-state index contributed by atoms with van der Waals surface area (Å²) in [5.74, 6) is 3.07. The molecule has 0 spiro atoms. The van der Waals surface area contributed by atoms with Crippen molar-refractivity contribution in [3.05, 3.63) is 87.5 Å². The monoisotopic (exact) mass is 544 g/mol. The first kappa shape index (κ1) is 27.1. The minimum Gasteiger partial charge on any atom is -0.491 e. The van der Waals surface area contributed by atoms with E-state index in [0.717, 1.165) is 53.8 Å². The number of epoxide rings is 3. The number of hydrogen-bond acceptors (Lipinski definition) is 6. The standard InChI is InChI=1S/C34H40O6/c1-20-9-10-25(13-32(20)38-17-26-14-35-26)22(3)31-12-11-29(24(5)34(31)40-19-28-16-37-28)23(4)30-8-6-7-21(2)33(30)39-18-27-15-36-27/h6-13,22-23,26-28H,14-19H2,1-5H3. The molecule has 40 heavy (non-hydrogen) atoms. The average molecular weight is 545 g/mol. The highest BCUT2D eigenvalue weighted by atomic mass is 16.6. The van der Waals surface area contributed by atoms with Crippen molar-refractivity contribution in [3.8, 4) is 17.2 Å². The van der Waals surface area contributed by atoms with E-state index in [4.69, 9.17) is 28.4 Å². The molecule has 0 radical (unpaired) electrons. The molecule has 0 amide bonds. The van der Waals surface area contributed by atoms with Crippen LogP contribution in [0.1, 0.15) is 64.6 Å². The van der Waals surface area contributed by atoms with Crippen molar-refractivity contribution in [2.75, 3.05) is 39.6 Å². The molecule has 3 fully saturated rings. The van der Waals surface area contributed by atoms with Crippen molar-refractivity contribution in [3.63, 3.8) is 0 Å². The minimum absolute atomic E-state index is 0.120. The number of benzene rings is 3. The topological polar surface area (TPSA) is 65.3 Å². The molecule has 0 aromatic heterocycles. The van der Waals surface area contributed by atoms with Gasteiger partial charge in [0.1, 0.15) is 55.4 Å². The first-order valence-electron chi connectivity index (χ1n) is 14.5. The molecule has 6 nitrogen and oxygen atoms in total. The van der Waals surface area contributed by atoms with Crippen LogP contribution < -0.4 is 14.2 Å². The third-order valence-electron chi connectivity index (χ3n) is 8.29. The van der Waals surface area contributed by atoms with E-state index in [1.54, 1.807) is 0 Å². The second-order valence-electron chi connectivity index (χ2n) is 11.5. The summed E-state index contributed by atoms with van der Waals surface area (Å²) < 4.78 is 35.1. The van der Waals surface area contributed by atoms with Gasteiger partial charge in [-0.15, -0.1) is 0 Å². The van der Waals surface area contributed by atoms with Gasteiger partial charge >= 0.3 is 0 Å². The molecule has 0 bridgehead atoms. The number of rotatable bonds is 13. The van der Waals surface area contributed by atoms with Crippen molar-refractivity contribution in [2.45, 2.75) is 64.8 Å². The lowest BCUT2D eigenvalue weighted by atomic mass is 9.84. The van der Waals surface area contributed by atoms with Crippen molar-refractivity contribution in [2.24, 2.45) is 0 Å². The second-order valence-corrected chi connectivity index (χ2v) is 11.5. The predicted molar refractivity (Wildman–Crippen MR) is 154 cm³/mol. The van der Waals surface area contributed by atoms with Gasteiger partial charge in [0.15, 0.2) is 0 Å². The van der Waals surface area contributed by atoms with E-state index in [-0.39, 0.29) is 30.1 Å². The maximum atomic E-state index is 6.52. The maximum absolute atomic E-state index is 6.52. The molecule has 0 N–H and O–H groups in total. The lowest BCUT2D eigenvalue weighted by Crippen LogP contribution is -2.12. The fourth-order valence-corrected chi connectivity index (χ4v) is 5.36. The summed E-state index contributed by atoms with van der Waals surface area (Å²) in [6.45, 7) is 14.9. The van der Waals surface area contributed by atoms with E-state index >= 15 is 0 Å². The van der Waals surface area contributed by atoms with E-state index in [0.29, 0.717) is 19.8 Å². The van der Waals surface area contributed by atoms with Gasteiger partial charge in [0.05, 0.1) is 19.8 Å². The molecule has 3 aromatic carbocycles. The predicted octanol–water partition coefficient (Wildman–Crippen LogP) is 6.25. The van der Waals surface area contributed by atoms with Crippen LogP contribution >= 0.6 is 0 Å². The van der Waals surface area contributed by atoms with Crippen molar-refractivity contribution < 1.29 is 28.4 Å². The molecule has 5 unspecified atom stereocenters. The molecule has 212 valence electrons. The van der Waals surface area contributed by atoms with Gasteiger partial charge in [-0.3, -0.25) is 0 Å². The van der Waals surface area contributed by atoms with E-state index < -0.39 is 0 Å². The fraction of sp³-hybridized carbons (Fsp3) is 0.471. The average Bonchev–Trinajstić information content (AvgIpc) is 3.80. The Morgan fingerprint density at radius 2 is 1.23 bits per heavy atom. The Morgan fingerprint density at radius 3 is 1.88 bits per heavy atom. The molecule has 6 rings (SSSR count). The highest BCUT2D eigenvalue weighted by Gasteiger charge is 2.29. The summed E-state index contributed by atoms with van der Waals surface area (Å²) in [5.41, 5.74) is 8.21. The van der Waals surface area contributed by atoms with Crippen molar-refractivity contribution in [1.29, 1.82) is 0 Å². The Hall–Kier alpha value is -3.06. The van der Waals surface area contributed by atoms with Gasteiger partial charge in [0.25, 0.3) is 0 Å². The highest BCUT2D eigenvalue weighted by molar-refractivity contribution is 5.55. The van der Waals surface area contributed by atoms with Gasteiger partial charge in [-0.05, 0) is 54.7 Å². The van der Waals surface area contributed by atoms with E-state index in [2.05, 4.69) is 83.1 Å². The first-order chi connectivity index (χ1) is 19.4. The Balaban J connectivity index is 1.32. The minimum atomic E-state index is 0.120. The molecular formula is C34H40O6. The zero-order chi connectivity index (χ0) is 27.8. The van der Waals surface area contributed by atoms with Crippen LogP contribution in [0, 0.1) is 20.8 Å². The lowest BCUT2D eigenvalue weighted by Gasteiger charge is -2.25. The molecule has 3 aliphatic rings. The number of ether oxygens (including phenoxy) is 6. The van der Waals surface area contributed by atoms with Gasteiger partial charge in [0, 0.05) is 23.0 Å². The Kier molecular flexibility index (Phi) is 7.76. The first-order valence-corrected chi connectivity index (χ1v) is 14.5. The van der Waals surface area contributed by atoms with Crippen LogP contribution in [0.2, 0.25) is 0 Å². The Labute approximate surface area is 237 Å². The van der Waals surface area contributed by atoms with Gasteiger partial charge in [-0.25, -0.2) is 0 Å². The molecule has 3 heterocycles. The van der Waals surface area contributed by atoms with E-state index in [1.165, 1.54) is 22.3 Å². The zero-order valence-electron chi connectivity index (χ0n) is 24.2. The normalized spacial score (nSPS) is 22.4. The zero-order valence-corrected chi connectivity index (χ0v) is 24.2. The molecule has 0 saturated carbocycles. The summed E-state index contributed by atoms with van der Waals surface area (Å²) in [5, 5.41) is 0. The molecule has 3 saturated heterocycles. The third kappa shape index (κ3) is 6.14. The van der Waals surface area contributed by atoms with Crippen LogP contribution in [0.4, 0.5) is 0 Å². The van der Waals surface area contributed by atoms with Crippen LogP contribution in [-0.4, -0.2) is 58.0 Å². The largest absolute Gasteiger partial charge is 0.491 e. The Morgan fingerprint density at radius 1 is 0.650 bits per heavy atom. The summed E-state index contributed by atoms with van der Waals surface area (Å²) in [7, 11) is 0. The van der Waals surface area contributed by atoms with Crippen molar-refractivity contribution in [1.82, 2.24) is 0 Å². The Bertz CT molecular complexity index is 1350. The summed E-state index contributed by atoms with van der Waals surface area (Å²) in [4.78, 5) is 0. The van der Waals surface area contributed by atoms with Crippen LogP contribution in [0.5, 0.6) is 17.2 Å². The third-order valence-corrected chi connectivity index (χ3v) is 8.29. The van der Waals surface area contributed by atoms with Crippen LogP contribution in [0.3, 0.4) is 0 Å². The van der Waals surface area contributed by atoms with E-state index in [9.17, 15) is 0 Å². The van der Waals surface area contributed by atoms with E-state index in [1.807, 2.05) is 0 Å². The second kappa shape index (κ2) is 11.4. The summed E-state index contributed by atoms with van der Waals surface area (Å²) in [6.07, 6.45) is 0.613.